The first-order chi connectivity index (χ1) is 20.3. The highest BCUT2D eigenvalue weighted by Gasteiger charge is 2.36. The average Bonchev–Trinajstić information content (AvgIpc) is 3.63. The predicted molar refractivity (Wildman–Crippen MR) is 170 cm³/mol. The van der Waals surface area contributed by atoms with Gasteiger partial charge in [0.2, 0.25) is 5.91 Å². The van der Waals surface area contributed by atoms with Crippen molar-refractivity contribution in [3.05, 3.63) is 45.7 Å². The molecule has 0 atom stereocenters. The lowest BCUT2D eigenvalue weighted by molar-refractivity contribution is -0.114. The van der Waals surface area contributed by atoms with Gasteiger partial charge in [0.25, 0.3) is 5.91 Å². The zero-order valence-electron chi connectivity index (χ0n) is 25.0. The third-order valence-corrected chi connectivity index (χ3v) is 10.7. The fourth-order valence-corrected chi connectivity index (χ4v) is 8.20. The monoisotopic (exact) mass is 607 g/mol. The van der Waals surface area contributed by atoms with E-state index in [2.05, 4.69) is 12.2 Å². The average molecular weight is 608 g/mol. The van der Waals surface area contributed by atoms with Crippen LogP contribution in [0.2, 0.25) is 5.02 Å². The van der Waals surface area contributed by atoms with Crippen molar-refractivity contribution in [2.24, 2.45) is 5.92 Å². The van der Waals surface area contributed by atoms with Crippen molar-refractivity contribution < 1.29 is 9.59 Å². The van der Waals surface area contributed by atoms with Gasteiger partial charge >= 0.3 is 0 Å². The Morgan fingerprint density at radius 2 is 1.88 bits per heavy atom. The Hall–Kier alpha value is -2.71. The minimum atomic E-state index is -0.128. The van der Waals surface area contributed by atoms with Gasteiger partial charge in [0, 0.05) is 37.1 Å². The first-order valence-electron chi connectivity index (χ1n) is 15.8. The van der Waals surface area contributed by atoms with Crippen LogP contribution in [0.15, 0.2) is 18.2 Å². The second-order valence-corrected chi connectivity index (χ2v) is 13.9. The molecule has 1 aromatic carbocycles. The Bertz CT molecular complexity index is 1470. The normalized spacial score (nSPS) is 19.7. The highest BCUT2D eigenvalue weighted by Crippen LogP contribution is 2.48. The van der Waals surface area contributed by atoms with Gasteiger partial charge < -0.3 is 10.2 Å². The molecule has 0 saturated heterocycles. The summed E-state index contributed by atoms with van der Waals surface area (Å²) in [6.07, 6.45) is 15.2. The summed E-state index contributed by atoms with van der Waals surface area (Å²) in [5.41, 5.74) is 5.81. The Balaban J connectivity index is 1.21. The Kier molecular flexibility index (Phi) is 8.73. The first-order valence-corrected chi connectivity index (χ1v) is 17.0. The van der Waals surface area contributed by atoms with Gasteiger partial charge in [-0.1, -0.05) is 62.0 Å². The highest BCUT2D eigenvalue weighted by atomic mass is 35.5. The number of aryl methyl sites for hydroxylation is 1. The molecule has 2 aromatic heterocycles. The number of hydrogen-bond acceptors (Lipinski definition) is 5. The van der Waals surface area contributed by atoms with E-state index in [4.69, 9.17) is 21.7 Å². The lowest BCUT2D eigenvalue weighted by Gasteiger charge is -2.35. The van der Waals surface area contributed by atoms with E-state index in [0.717, 1.165) is 72.1 Å². The van der Waals surface area contributed by atoms with Crippen LogP contribution in [0.5, 0.6) is 0 Å². The topological polar surface area (TPSA) is 80.1 Å². The van der Waals surface area contributed by atoms with Crippen LogP contribution in [0.1, 0.15) is 118 Å². The largest absolute Gasteiger partial charge is 0.339 e. The summed E-state index contributed by atoms with van der Waals surface area (Å²) >= 11 is 8.43. The maximum absolute atomic E-state index is 13.6. The summed E-state index contributed by atoms with van der Waals surface area (Å²) in [6.45, 7) is 3.76. The minimum absolute atomic E-state index is 0.0284. The van der Waals surface area contributed by atoms with Crippen molar-refractivity contribution in [3.63, 3.8) is 0 Å². The highest BCUT2D eigenvalue weighted by molar-refractivity contribution is 7.19. The second-order valence-electron chi connectivity index (χ2n) is 12.5. The third-order valence-electron chi connectivity index (χ3n) is 9.36. The molecule has 224 valence electrons. The van der Waals surface area contributed by atoms with Crippen LogP contribution in [0.3, 0.4) is 0 Å². The number of fused-ring (bicyclic) bond motifs is 3. The minimum Gasteiger partial charge on any atom is -0.339 e. The van der Waals surface area contributed by atoms with Crippen LogP contribution in [-0.2, 0) is 17.6 Å². The third kappa shape index (κ3) is 6.02. The van der Waals surface area contributed by atoms with Gasteiger partial charge in [-0.05, 0) is 75.5 Å². The van der Waals surface area contributed by atoms with Crippen LogP contribution < -0.4 is 5.32 Å². The van der Waals surface area contributed by atoms with E-state index in [1.807, 2.05) is 28.8 Å². The zero-order chi connectivity index (χ0) is 29.4. The van der Waals surface area contributed by atoms with E-state index in [1.54, 1.807) is 6.07 Å². The molecule has 0 radical (unpaired) electrons. The fraction of sp³-hybridized carbons (Fsp3) is 0.576. The van der Waals surface area contributed by atoms with Gasteiger partial charge in [0.1, 0.15) is 0 Å². The number of carbonyl (C=O) groups is 2. The molecule has 1 N–H and O–H groups in total. The smallest absolute Gasteiger partial charge is 0.253 e. The Morgan fingerprint density at radius 1 is 1.10 bits per heavy atom. The summed E-state index contributed by atoms with van der Waals surface area (Å²) in [4.78, 5) is 32.9. The van der Waals surface area contributed by atoms with E-state index in [-0.39, 0.29) is 17.9 Å². The molecule has 0 spiro atoms. The molecular formula is C33H42ClN5O2S. The number of unbranched alkanes of at least 4 members (excludes halogenated alkanes) is 3. The maximum Gasteiger partial charge on any atom is 0.253 e. The van der Waals surface area contributed by atoms with Crippen molar-refractivity contribution in [2.45, 2.75) is 109 Å². The van der Waals surface area contributed by atoms with Crippen LogP contribution in [0.25, 0.3) is 16.3 Å². The van der Waals surface area contributed by atoms with Crippen LogP contribution in [-0.4, -0.2) is 44.6 Å². The lowest BCUT2D eigenvalue weighted by Crippen LogP contribution is -2.39. The molecule has 2 fully saturated rings. The number of thiazole rings is 1. The van der Waals surface area contributed by atoms with Crippen LogP contribution in [0.4, 0.5) is 5.13 Å². The van der Waals surface area contributed by atoms with E-state index < -0.39 is 0 Å². The summed E-state index contributed by atoms with van der Waals surface area (Å²) in [5.74, 6) is 1.20. The number of carbonyl (C=O) groups excluding carboxylic acids is 2. The van der Waals surface area contributed by atoms with Gasteiger partial charge in [-0.3, -0.25) is 9.59 Å². The number of aromatic nitrogens is 3. The van der Waals surface area contributed by atoms with E-state index in [1.165, 1.54) is 68.8 Å². The summed E-state index contributed by atoms with van der Waals surface area (Å²) in [7, 11) is 1.94. The second kappa shape index (κ2) is 12.5. The van der Waals surface area contributed by atoms with Gasteiger partial charge in [-0.25, -0.2) is 9.67 Å². The molecule has 3 aliphatic carbocycles. The molecule has 0 aliphatic heterocycles. The number of amides is 2. The number of nitrogens with zero attached hydrogens (tertiary/aromatic N) is 4. The SMILES string of the molecule is CCCCCCC1CCC(N(C)C(=O)c2ccc(-n3nc(C4CC4)c4c3-c3sc(NC(C)=O)nc3CC4)c(Cl)c2)CC1. The number of rotatable bonds is 10. The summed E-state index contributed by atoms with van der Waals surface area (Å²) in [6, 6.07) is 5.91. The molecule has 0 bridgehead atoms. The maximum atomic E-state index is 13.6. The van der Waals surface area contributed by atoms with Crippen molar-refractivity contribution in [3.8, 4) is 16.3 Å². The number of benzene rings is 1. The fourth-order valence-electron chi connectivity index (χ4n) is 6.82. The van der Waals surface area contributed by atoms with E-state index >= 15 is 0 Å². The molecule has 3 aromatic rings. The quantitative estimate of drug-likeness (QED) is 0.236. The zero-order valence-corrected chi connectivity index (χ0v) is 26.6. The molecule has 6 rings (SSSR count). The van der Waals surface area contributed by atoms with E-state index in [9.17, 15) is 9.59 Å². The summed E-state index contributed by atoms with van der Waals surface area (Å²) in [5, 5.41) is 9.08. The van der Waals surface area contributed by atoms with Crippen molar-refractivity contribution >= 4 is 39.9 Å². The molecule has 3 aliphatic rings. The van der Waals surface area contributed by atoms with Gasteiger partial charge in [0.15, 0.2) is 5.13 Å². The van der Waals surface area contributed by atoms with Crippen molar-refractivity contribution in [2.75, 3.05) is 12.4 Å². The molecule has 2 amide bonds. The molecule has 2 heterocycles. The molecular weight excluding hydrogens is 566 g/mol. The number of anilines is 1. The lowest BCUT2D eigenvalue weighted by atomic mass is 9.82. The van der Waals surface area contributed by atoms with Gasteiger partial charge in [0.05, 0.1) is 32.7 Å². The number of hydrogen-bond donors (Lipinski definition) is 1. The molecule has 7 nitrogen and oxygen atoms in total. The molecule has 2 saturated carbocycles. The van der Waals surface area contributed by atoms with Crippen molar-refractivity contribution in [1.82, 2.24) is 19.7 Å². The van der Waals surface area contributed by atoms with Crippen LogP contribution >= 0.6 is 22.9 Å². The van der Waals surface area contributed by atoms with Gasteiger partial charge in [-0.2, -0.15) is 5.10 Å². The standard InChI is InChI=1S/C33H42ClN5O2S/c1-4-5-6-7-8-21-9-14-24(15-10-21)38(3)32(41)23-13-18-28(26(34)19-23)39-30-25(29(37-39)22-11-12-22)16-17-27-31(30)42-33(36-27)35-20(2)40/h13,18-19,21-22,24H,4-12,14-17H2,1-3H3,(H,35,36,40). The number of halogens is 1. The van der Waals surface area contributed by atoms with Crippen LogP contribution in [0, 0.1) is 5.92 Å². The summed E-state index contributed by atoms with van der Waals surface area (Å²) < 4.78 is 1.96. The molecule has 42 heavy (non-hydrogen) atoms. The van der Waals surface area contributed by atoms with Gasteiger partial charge in [-0.15, -0.1) is 0 Å². The first kappa shape index (κ1) is 29.4. The Labute approximate surface area is 258 Å². The number of nitrogens with one attached hydrogen (secondary N) is 1. The Morgan fingerprint density at radius 3 is 2.57 bits per heavy atom. The molecule has 0 unspecified atom stereocenters. The van der Waals surface area contributed by atoms with E-state index in [0.29, 0.717) is 21.6 Å². The molecule has 9 heteroatoms. The predicted octanol–water partition coefficient (Wildman–Crippen LogP) is 8.18. The van der Waals surface area contributed by atoms with Crippen molar-refractivity contribution in [1.29, 1.82) is 0 Å².